The van der Waals surface area contributed by atoms with E-state index in [9.17, 15) is 0 Å². The Morgan fingerprint density at radius 3 is 2.65 bits per heavy atom. The molecular weight excluding hydrogens is 399 g/mol. The molecule has 3 rings (SSSR count). The molecule has 126 valence electrons. The zero-order valence-electron chi connectivity index (χ0n) is 14.2. The number of nitrogens with one attached hydrogen (secondary N) is 2. The van der Waals surface area contributed by atoms with Gasteiger partial charge in [-0.2, -0.15) is 0 Å². The molecule has 4 N–H and O–H groups in total. The number of aryl methyl sites for hydroxylation is 3. The highest BCUT2D eigenvalue weighted by Gasteiger charge is 2.15. The molecule has 0 unspecified atom stereocenters. The summed E-state index contributed by atoms with van der Waals surface area (Å²) in [6, 6.07) is 4.95. The van der Waals surface area contributed by atoms with E-state index in [1.807, 2.05) is 0 Å². The van der Waals surface area contributed by atoms with Gasteiger partial charge in [-0.15, -0.1) is 24.0 Å². The van der Waals surface area contributed by atoms with Crippen LogP contribution in [0, 0.1) is 20.8 Å². The van der Waals surface area contributed by atoms with Crippen LogP contribution in [0.1, 0.15) is 48.1 Å². The quantitative estimate of drug-likeness (QED) is 0.394. The molecule has 0 aliphatic heterocycles. The van der Waals surface area contributed by atoms with Crippen LogP contribution < -0.4 is 11.1 Å². The van der Waals surface area contributed by atoms with E-state index >= 15 is 0 Å². The van der Waals surface area contributed by atoms with E-state index in [2.05, 4.69) is 48.2 Å². The van der Waals surface area contributed by atoms with E-state index in [-0.39, 0.29) is 24.0 Å². The third-order valence-electron chi connectivity index (χ3n) is 4.77. The number of nitrogens with zero attached hydrogens (tertiary/aromatic N) is 1. The molecule has 0 spiro atoms. The number of aromatic nitrogens is 1. The lowest BCUT2D eigenvalue weighted by Gasteiger charge is -2.12. The first kappa shape index (κ1) is 18.1. The van der Waals surface area contributed by atoms with Crippen molar-refractivity contribution in [2.45, 2.75) is 59.0 Å². The second-order valence-electron chi connectivity index (χ2n) is 6.55. The van der Waals surface area contributed by atoms with Gasteiger partial charge in [0.15, 0.2) is 5.96 Å². The number of hydrogen-bond acceptors (Lipinski definition) is 1. The molecule has 1 heterocycles. The average Bonchev–Trinajstić information content (AvgIpc) is 3.07. The van der Waals surface area contributed by atoms with Crippen molar-refractivity contribution >= 4 is 40.8 Å². The summed E-state index contributed by atoms with van der Waals surface area (Å²) < 4.78 is 0. The van der Waals surface area contributed by atoms with Gasteiger partial charge < -0.3 is 16.0 Å². The van der Waals surface area contributed by atoms with E-state index in [1.54, 1.807) is 0 Å². The highest BCUT2D eigenvalue weighted by molar-refractivity contribution is 14.0. The number of H-pyrrole nitrogens is 1. The SMILES string of the molecule is Cc1cc(CN=C(N)NC2CCCC2)c2[nH]c(C)c(C)c2c1.I. The Balaban J connectivity index is 0.00000192. The molecule has 5 heteroatoms. The second kappa shape index (κ2) is 7.55. The predicted molar refractivity (Wildman–Crippen MR) is 109 cm³/mol. The van der Waals surface area contributed by atoms with Crippen molar-refractivity contribution in [3.05, 3.63) is 34.5 Å². The van der Waals surface area contributed by atoms with Gasteiger partial charge >= 0.3 is 0 Å². The van der Waals surface area contributed by atoms with Crippen LogP contribution in [0.15, 0.2) is 17.1 Å². The minimum Gasteiger partial charge on any atom is -0.370 e. The molecule has 2 aromatic rings. The van der Waals surface area contributed by atoms with Gasteiger partial charge in [0.25, 0.3) is 0 Å². The number of nitrogens with two attached hydrogens (primary N) is 1. The van der Waals surface area contributed by atoms with E-state index in [1.165, 1.54) is 59.0 Å². The Kier molecular flexibility index (Phi) is 5.95. The Morgan fingerprint density at radius 2 is 1.96 bits per heavy atom. The van der Waals surface area contributed by atoms with Gasteiger partial charge in [-0.05, 0) is 50.8 Å². The zero-order chi connectivity index (χ0) is 15.7. The van der Waals surface area contributed by atoms with E-state index in [0.29, 0.717) is 18.5 Å². The number of aliphatic imine (C=N–C) groups is 1. The molecule has 1 aliphatic carbocycles. The molecule has 0 radical (unpaired) electrons. The topological polar surface area (TPSA) is 66.2 Å². The molecule has 1 fully saturated rings. The first-order valence-corrected chi connectivity index (χ1v) is 8.19. The van der Waals surface area contributed by atoms with Crippen LogP contribution in [0.2, 0.25) is 0 Å². The fourth-order valence-electron chi connectivity index (χ4n) is 3.41. The maximum absolute atomic E-state index is 6.05. The lowest BCUT2D eigenvalue weighted by atomic mass is 10.0. The first-order valence-electron chi connectivity index (χ1n) is 8.19. The number of fused-ring (bicyclic) bond motifs is 1. The maximum Gasteiger partial charge on any atom is 0.189 e. The van der Waals surface area contributed by atoms with Crippen LogP contribution in [-0.4, -0.2) is 17.0 Å². The van der Waals surface area contributed by atoms with Crippen molar-refractivity contribution in [3.8, 4) is 0 Å². The van der Waals surface area contributed by atoms with E-state index < -0.39 is 0 Å². The van der Waals surface area contributed by atoms with Crippen LogP contribution in [-0.2, 0) is 6.54 Å². The maximum atomic E-state index is 6.05. The summed E-state index contributed by atoms with van der Waals surface area (Å²) >= 11 is 0. The molecule has 1 aromatic carbocycles. The standard InChI is InChI=1S/C18H26N4.HI/c1-11-8-14(17-16(9-11)12(2)13(3)21-17)10-20-18(19)22-15-6-4-5-7-15;/h8-9,15,21H,4-7,10H2,1-3H3,(H3,19,20,22);1H. The third kappa shape index (κ3) is 4.00. The average molecular weight is 426 g/mol. The fourth-order valence-corrected chi connectivity index (χ4v) is 3.41. The molecule has 0 atom stereocenters. The first-order chi connectivity index (χ1) is 10.5. The van der Waals surface area contributed by atoms with Crippen molar-refractivity contribution < 1.29 is 0 Å². The van der Waals surface area contributed by atoms with Gasteiger partial charge in [0, 0.05) is 17.1 Å². The largest absolute Gasteiger partial charge is 0.370 e. The molecule has 1 saturated carbocycles. The van der Waals surface area contributed by atoms with Crippen molar-refractivity contribution in [3.63, 3.8) is 0 Å². The molecule has 0 saturated heterocycles. The number of hydrogen-bond donors (Lipinski definition) is 3. The monoisotopic (exact) mass is 426 g/mol. The lowest BCUT2D eigenvalue weighted by Crippen LogP contribution is -2.38. The lowest BCUT2D eigenvalue weighted by molar-refractivity contribution is 0.625. The fraction of sp³-hybridized carbons (Fsp3) is 0.500. The molecule has 1 aliphatic rings. The van der Waals surface area contributed by atoms with Crippen LogP contribution >= 0.6 is 24.0 Å². The second-order valence-corrected chi connectivity index (χ2v) is 6.55. The van der Waals surface area contributed by atoms with Crippen molar-refractivity contribution in [2.24, 2.45) is 10.7 Å². The van der Waals surface area contributed by atoms with Gasteiger partial charge in [0.05, 0.1) is 12.1 Å². The minimum atomic E-state index is 0. The summed E-state index contributed by atoms with van der Waals surface area (Å²) in [7, 11) is 0. The van der Waals surface area contributed by atoms with Gasteiger partial charge in [-0.25, -0.2) is 4.99 Å². The summed E-state index contributed by atoms with van der Waals surface area (Å²) in [5.41, 5.74) is 12.3. The van der Waals surface area contributed by atoms with Crippen LogP contribution in [0.5, 0.6) is 0 Å². The molecule has 4 nitrogen and oxygen atoms in total. The zero-order valence-corrected chi connectivity index (χ0v) is 16.5. The molecular formula is C18H27IN4. The van der Waals surface area contributed by atoms with Gasteiger partial charge in [0.1, 0.15) is 0 Å². The van der Waals surface area contributed by atoms with E-state index in [0.717, 1.165) is 0 Å². The van der Waals surface area contributed by atoms with E-state index in [4.69, 9.17) is 5.73 Å². The number of halogens is 1. The summed E-state index contributed by atoms with van der Waals surface area (Å²) in [6.45, 7) is 7.03. The Morgan fingerprint density at radius 1 is 1.26 bits per heavy atom. The number of benzene rings is 1. The number of rotatable bonds is 3. The molecule has 0 amide bonds. The summed E-state index contributed by atoms with van der Waals surface area (Å²) in [6.07, 6.45) is 5.01. The van der Waals surface area contributed by atoms with Crippen LogP contribution in [0.3, 0.4) is 0 Å². The molecule has 0 bridgehead atoms. The van der Waals surface area contributed by atoms with Gasteiger partial charge in [0.2, 0.25) is 0 Å². The highest BCUT2D eigenvalue weighted by Crippen LogP contribution is 2.26. The summed E-state index contributed by atoms with van der Waals surface area (Å²) in [5, 5.41) is 4.64. The highest BCUT2D eigenvalue weighted by atomic mass is 127. The predicted octanol–water partition coefficient (Wildman–Crippen LogP) is 4.06. The summed E-state index contributed by atoms with van der Waals surface area (Å²) in [5.74, 6) is 0.571. The van der Waals surface area contributed by atoms with Gasteiger partial charge in [-0.1, -0.05) is 24.5 Å². The van der Waals surface area contributed by atoms with Crippen LogP contribution in [0.25, 0.3) is 10.9 Å². The smallest absolute Gasteiger partial charge is 0.189 e. The molecule has 23 heavy (non-hydrogen) atoms. The van der Waals surface area contributed by atoms with Crippen molar-refractivity contribution in [2.75, 3.05) is 0 Å². The third-order valence-corrected chi connectivity index (χ3v) is 4.77. The summed E-state index contributed by atoms with van der Waals surface area (Å²) in [4.78, 5) is 8.04. The Hall–Kier alpha value is -1.24. The number of aromatic amines is 1. The van der Waals surface area contributed by atoms with Crippen molar-refractivity contribution in [1.29, 1.82) is 0 Å². The minimum absolute atomic E-state index is 0. The Bertz CT molecular complexity index is 711. The van der Waals surface area contributed by atoms with Crippen LogP contribution in [0.4, 0.5) is 0 Å². The normalized spacial score (nSPS) is 15.9. The van der Waals surface area contributed by atoms with Gasteiger partial charge in [-0.3, -0.25) is 0 Å². The van der Waals surface area contributed by atoms with Crippen molar-refractivity contribution in [1.82, 2.24) is 10.3 Å². The Labute approximate surface area is 155 Å². The number of guanidine groups is 1. The molecule has 1 aromatic heterocycles.